The first-order chi connectivity index (χ1) is 12.0. The van der Waals surface area contributed by atoms with Gasteiger partial charge in [0.05, 0.1) is 17.2 Å². The molecule has 0 bridgehead atoms. The van der Waals surface area contributed by atoms with Crippen LogP contribution in [0.5, 0.6) is 0 Å². The maximum Gasteiger partial charge on any atom is 0.270 e. The number of thiazole rings is 1. The Kier molecular flexibility index (Phi) is 3.91. The second-order valence-electron chi connectivity index (χ2n) is 7.27. The van der Waals surface area contributed by atoms with E-state index in [1.54, 1.807) is 11.3 Å². The summed E-state index contributed by atoms with van der Waals surface area (Å²) in [6.45, 7) is 4.66. The molecule has 2 amide bonds. The lowest BCUT2D eigenvalue weighted by atomic mass is 9.86. The summed E-state index contributed by atoms with van der Waals surface area (Å²) >= 11 is 1.61. The molecule has 1 spiro atoms. The molecular formula is C18H22N4O2S. The zero-order valence-electron chi connectivity index (χ0n) is 14.6. The van der Waals surface area contributed by atoms with Crippen LogP contribution in [0.25, 0.3) is 0 Å². The highest BCUT2D eigenvalue weighted by atomic mass is 32.1. The van der Waals surface area contributed by atoms with Crippen molar-refractivity contribution in [1.29, 1.82) is 0 Å². The van der Waals surface area contributed by atoms with Crippen LogP contribution in [0.4, 0.5) is 0 Å². The standard InChI is InChI=1S/C18H22N4O2S/c1-13-19-14(10-25-13)9-22-12-18(8-16(22)23)5-7-21(11-18)17(24)15-4-3-6-20(15)2/h3-4,6,10H,5,7-9,11-12H2,1-2H3/t18-/m0/s1. The quantitative estimate of drug-likeness (QED) is 0.844. The summed E-state index contributed by atoms with van der Waals surface area (Å²) in [4.78, 5) is 33.5. The molecule has 4 heterocycles. The van der Waals surface area contributed by atoms with Gasteiger partial charge in [0, 0.05) is 50.1 Å². The average molecular weight is 358 g/mol. The van der Waals surface area contributed by atoms with E-state index in [4.69, 9.17) is 0 Å². The maximum atomic E-state index is 12.7. The number of carbonyl (C=O) groups excluding carboxylic acids is 2. The van der Waals surface area contributed by atoms with Gasteiger partial charge in [0.25, 0.3) is 5.91 Å². The van der Waals surface area contributed by atoms with Crippen molar-refractivity contribution in [3.05, 3.63) is 40.1 Å². The number of carbonyl (C=O) groups is 2. The molecule has 2 aromatic heterocycles. The second kappa shape index (κ2) is 5.98. The van der Waals surface area contributed by atoms with Gasteiger partial charge in [-0.15, -0.1) is 11.3 Å². The predicted octanol–water partition coefficient (Wildman–Crippen LogP) is 2.05. The van der Waals surface area contributed by atoms with Crippen LogP contribution in [-0.2, 0) is 18.4 Å². The van der Waals surface area contributed by atoms with Crippen LogP contribution in [0.2, 0.25) is 0 Å². The summed E-state index contributed by atoms with van der Waals surface area (Å²) in [7, 11) is 1.88. The third-order valence-electron chi connectivity index (χ3n) is 5.31. The molecule has 25 heavy (non-hydrogen) atoms. The Hall–Kier alpha value is -2.15. The molecule has 0 unspecified atom stereocenters. The lowest BCUT2D eigenvalue weighted by Crippen LogP contribution is -2.34. The molecule has 2 aliphatic heterocycles. The van der Waals surface area contributed by atoms with E-state index >= 15 is 0 Å². The second-order valence-corrected chi connectivity index (χ2v) is 8.33. The van der Waals surface area contributed by atoms with Crippen LogP contribution < -0.4 is 0 Å². The van der Waals surface area contributed by atoms with Crippen LogP contribution >= 0.6 is 11.3 Å². The van der Waals surface area contributed by atoms with Gasteiger partial charge in [0.1, 0.15) is 5.69 Å². The van der Waals surface area contributed by atoms with E-state index in [9.17, 15) is 9.59 Å². The van der Waals surface area contributed by atoms with E-state index in [1.807, 2.05) is 52.0 Å². The van der Waals surface area contributed by atoms with Crippen LogP contribution in [0.15, 0.2) is 23.7 Å². The zero-order chi connectivity index (χ0) is 17.6. The summed E-state index contributed by atoms with van der Waals surface area (Å²) in [5, 5.41) is 3.05. The smallest absolute Gasteiger partial charge is 0.270 e. The molecular weight excluding hydrogens is 336 g/mol. The molecule has 4 rings (SSSR count). The molecule has 2 aromatic rings. The highest BCUT2D eigenvalue weighted by Crippen LogP contribution is 2.41. The number of amides is 2. The Morgan fingerprint density at radius 1 is 1.40 bits per heavy atom. The van der Waals surface area contributed by atoms with Gasteiger partial charge in [-0.1, -0.05) is 0 Å². The van der Waals surface area contributed by atoms with Crippen molar-refractivity contribution in [2.75, 3.05) is 19.6 Å². The average Bonchev–Trinajstić information content (AvgIpc) is 3.31. The van der Waals surface area contributed by atoms with Crippen molar-refractivity contribution in [2.24, 2.45) is 12.5 Å². The largest absolute Gasteiger partial charge is 0.347 e. The van der Waals surface area contributed by atoms with E-state index in [2.05, 4.69) is 4.98 Å². The first-order valence-electron chi connectivity index (χ1n) is 8.55. The van der Waals surface area contributed by atoms with Gasteiger partial charge in [0.15, 0.2) is 0 Å². The number of aryl methyl sites for hydroxylation is 2. The minimum Gasteiger partial charge on any atom is -0.347 e. The fraction of sp³-hybridized carbons (Fsp3) is 0.500. The summed E-state index contributed by atoms with van der Waals surface area (Å²) in [6.07, 6.45) is 3.31. The Morgan fingerprint density at radius 3 is 2.92 bits per heavy atom. The molecule has 6 nitrogen and oxygen atoms in total. The lowest BCUT2D eigenvalue weighted by molar-refractivity contribution is -0.128. The number of nitrogens with zero attached hydrogens (tertiary/aromatic N) is 4. The molecule has 2 saturated heterocycles. The number of aromatic nitrogens is 2. The van der Waals surface area contributed by atoms with Crippen molar-refractivity contribution >= 4 is 23.2 Å². The normalized spacial score (nSPS) is 23.2. The minimum absolute atomic E-state index is 0.0606. The summed E-state index contributed by atoms with van der Waals surface area (Å²) in [5.74, 6) is 0.240. The van der Waals surface area contributed by atoms with Crippen LogP contribution in [0, 0.1) is 12.3 Å². The molecule has 2 fully saturated rings. The van der Waals surface area contributed by atoms with Crippen molar-refractivity contribution in [3.63, 3.8) is 0 Å². The molecule has 0 saturated carbocycles. The number of likely N-dealkylation sites (tertiary alicyclic amines) is 2. The highest BCUT2D eigenvalue weighted by Gasteiger charge is 2.48. The number of hydrogen-bond acceptors (Lipinski definition) is 4. The van der Waals surface area contributed by atoms with Crippen molar-refractivity contribution in [3.8, 4) is 0 Å². The Labute approximate surface area is 151 Å². The molecule has 0 aromatic carbocycles. The SMILES string of the molecule is Cc1nc(CN2C[C@@]3(CCN(C(=O)c4cccn4C)C3)CC2=O)cs1. The zero-order valence-corrected chi connectivity index (χ0v) is 15.4. The predicted molar refractivity (Wildman–Crippen MR) is 95.3 cm³/mol. The van der Waals surface area contributed by atoms with E-state index in [1.165, 1.54) is 0 Å². The lowest BCUT2D eigenvalue weighted by Gasteiger charge is -2.24. The first kappa shape index (κ1) is 16.3. The third kappa shape index (κ3) is 2.97. The molecule has 0 radical (unpaired) electrons. The van der Waals surface area contributed by atoms with Gasteiger partial charge in [-0.3, -0.25) is 9.59 Å². The van der Waals surface area contributed by atoms with Crippen LogP contribution in [-0.4, -0.2) is 50.8 Å². The van der Waals surface area contributed by atoms with Gasteiger partial charge in [-0.25, -0.2) is 4.98 Å². The van der Waals surface area contributed by atoms with Crippen molar-refractivity contribution < 1.29 is 9.59 Å². The molecule has 7 heteroatoms. The Morgan fingerprint density at radius 2 is 2.24 bits per heavy atom. The van der Waals surface area contributed by atoms with Gasteiger partial charge in [0.2, 0.25) is 5.91 Å². The van der Waals surface area contributed by atoms with Crippen molar-refractivity contribution in [1.82, 2.24) is 19.4 Å². The summed E-state index contributed by atoms with van der Waals surface area (Å²) in [6, 6.07) is 3.74. The topological polar surface area (TPSA) is 58.4 Å². The molecule has 2 aliphatic rings. The molecule has 0 aliphatic carbocycles. The number of hydrogen-bond donors (Lipinski definition) is 0. The van der Waals surface area contributed by atoms with E-state index in [0.717, 1.165) is 30.2 Å². The van der Waals surface area contributed by atoms with Gasteiger partial charge < -0.3 is 14.4 Å². The van der Waals surface area contributed by atoms with Gasteiger partial charge in [-0.2, -0.15) is 0 Å². The van der Waals surface area contributed by atoms with E-state index < -0.39 is 0 Å². The minimum atomic E-state index is -0.0943. The van der Waals surface area contributed by atoms with Crippen molar-refractivity contribution in [2.45, 2.75) is 26.3 Å². The van der Waals surface area contributed by atoms with E-state index in [-0.39, 0.29) is 17.2 Å². The first-order valence-corrected chi connectivity index (χ1v) is 9.43. The maximum absolute atomic E-state index is 12.7. The van der Waals surface area contributed by atoms with Crippen LogP contribution in [0.3, 0.4) is 0 Å². The summed E-state index contributed by atoms with van der Waals surface area (Å²) < 4.78 is 1.85. The fourth-order valence-corrected chi connectivity index (χ4v) is 4.63. The molecule has 1 atom stereocenters. The third-order valence-corrected chi connectivity index (χ3v) is 6.14. The van der Waals surface area contributed by atoms with Crippen LogP contribution in [0.1, 0.15) is 34.0 Å². The fourth-order valence-electron chi connectivity index (χ4n) is 4.03. The number of rotatable bonds is 3. The highest BCUT2D eigenvalue weighted by molar-refractivity contribution is 7.09. The van der Waals surface area contributed by atoms with E-state index in [0.29, 0.717) is 25.2 Å². The Bertz CT molecular complexity index is 827. The summed E-state index contributed by atoms with van der Waals surface area (Å²) in [5.41, 5.74) is 1.57. The monoisotopic (exact) mass is 358 g/mol. The van der Waals surface area contributed by atoms with Gasteiger partial charge in [-0.05, 0) is 25.5 Å². The Balaban J connectivity index is 1.44. The molecule has 0 N–H and O–H groups in total. The van der Waals surface area contributed by atoms with Gasteiger partial charge >= 0.3 is 0 Å². The molecule has 132 valence electrons.